The number of benzene rings is 1. The molecule has 1 amide bonds. The van der Waals surface area contributed by atoms with Crippen molar-refractivity contribution in [2.24, 2.45) is 0 Å². The van der Waals surface area contributed by atoms with Gasteiger partial charge in [-0.2, -0.15) is 0 Å². The number of nitrogens with zero attached hydrogens (tertiary/aromatic N) is 3. The van der Waals surface area contributed by atoms with Crippen LogP contribution in [0.2, 0.25) is 0 Å². The molecule has 3 rings (SSSR count). The SMILES string of the molecule is COc1cccc(-n2ccnc2S[C@@H](C)C(=O)N2CCCCCC2)c1. The molecular formula is C19H25N3O2S. The lowest BCUT2D eigenvalue weighted by molar-refractivity contribution is -0.130. The molecule has 0 N–H and O–H groups in total. The summed E-state index contributed by atoms with van der Waals surface area (Å²) < 4.78 is 7.30. The molecule has 1 aliphatic heterocycles. The van der Waals surface area contributed by atoms with Crippen LogP contribution in [0.1, 0.15) is 32.6 Å². The van der Waals surface area contributed by atoms with Crippen LogP contribution in [0.3, 0.4) is 0 Å². The summed E-state index contributed by atoms with van der Waals surface area (Å²) >= 11 is 1.51. The quantitative estimate of drug-likeness (QED) is 0.763. The van der Waals surface area contributed by atoms with Crippen molar-refractivity contribution < 1.29 is 9.53 Å². The Morgan fingerprint density at radius 2 is 2.00 bits per heavy atom. The molecule has 0 saturated carbocycles. The number of rotatable bonds is 5. The minimum Gasteiger partial charge on any atom is -0.497 e. The van der Waals surface area contributed by atoms with E-state index in [1.54, 1.807) is 13.3 Å². The molecule has 6 heteroatoms. The van der Waals surface area contributed by atoms with Crippen molar-refractivity contribution in [2.45, 2.75) is 43.0 Å². The lowest BCUT2D eigenvalue weighted by Crippen LogP contribution is -2.37. The first-order chi connectivity index (χ1) is 12.2. The van der Waals surface area contributed by atoms with Crippen LogP contribution in [0.4, 0.5) is 0 Å². The smallest absolute Gasteiger partial charge is 0.235 e. The summed E-state index contributed by atoms with van der Waals surface area (Å²) in [5.41, 5.74) is 0.980. The molecule has 1 aliphatic rings. The molecule has 1 fully saturated rings. The minimum absolute atomic E-state index is 0.148. The summed E-state index contributed by atoms with van der Waals surface area (Å²) in [5.74, 6) is 1.02. The molecule has 1 saturated heterocycles. The fourth-order valence-electron chi connectivity index (χ4n) is 3.09. The van der Waals surface area contributed by atoms with Gasteiger partial charge in [-0.3, -0.25) is 9.36 Å². The highest BCUT2D eigenvalue weighted by Crippen LogP contribution is 2.27. The topological polar surface area (TPSA) is 47.4 Å². The van der Waals surface area contributed by atoms with Crippen LogP contribution in [-0.4, -0.2) is 45.8 Å². The van der Waals surface area contributed by atoms with Crippen LogP contribution in [-0.2, 0) is 4.79 Å². The zero-order valence-electron chi connectivity index (χ0n) is 14.9. The molecular weight excluding hydrogens is 334 g/mol. The van der Waals surface area contributed by atoms with E-state index in [1.165, 1.54) is 24.6 Å². The average Bonchev–Trinajstić information content (AvgIpc) is 2.92. The van der Waals surface area contributed by atoms with E-state index in [0.717, 1.165) is 42.5 Å². The number of methoxy groups -OCH3 is 1. The van der Waals surface area contributed by atoms with E-state index in [2.05, 4.69) is 4.98 Å². The highest BCUT2D eigenvalue weighted by Gasteiger charge is 2.23. The number of hydrogen-bond donors (Lipinski definition) is 0. The molecule has 1 aromatic heterocycles. The van der Waals surface area contributed by atoms with Gasteiger partial charge in [0.1, 0.15) is 5.75 Å². The van der Waals surface area contributed by atoms with Crippen LogP contribution in [0, 0.1) is 0 Å². The number of carbonyl (C=O) groups excluding carboxylic acids is 1. The third-order valence-corrected chi connectivity index (χ3v) is 5.55. The Balaban J connectivity index is 1.72. The van der Waals surface area contributed by atoms with Gasteiger partial charge in [-0.05, 0) is 31.9 Å². The molecule has 134 valence electrons. The Morgan fingerprint density at radius 1 is 1.24 bits per heavy atom. The number of carbonyl (C=O) groups is 1. The Morgan fingerprint density at radius 3 is 2.72 bits per heavy atom. The number of likely N-dealkylation sites (tertiary alicyclic amines) is 1. The molecule has 0 unspecified atom stereocenters. The second-order valence-corrected chi connectivity index (χ2v) is 7.59. The Bertz CT molecular complexity index is 708. The normalized spacial score (nSPS) is 16.3. The van der Waals surface area contributed by atoms with E-state index in [-0.39, 0.29) is 11.2 Å². The predicted octanol–water partition coefficient (Wildman–Crippen LogP) is 3.76. The van der Waals surface area contributed by atoms with Gasteiger partial charge in [-0.15, -0.1) is 0 Å². The van der Waals surface area contributed by atoms with Crippen molar-refractivity contribution in [3.63, 3.8) is 0 Å². The largest absolute Gasteiger partial charge is 0.497 e. The van der Waals surface area contributed by atoms with Gasteiger partial charge in [-0.25, -0.2) is 4.98 Å². The van der Waals surface area contributed by atoms with Crippen molar-refractivity contribution in [1.82, 2.24) is 14.5 Å². The Labute approximate surface area is 153 Å². The Kier molecular flexibility index (Phi) is 6.02. The fourth-order valence-corrected chi connectivity index (χ4v) is 4.06. The maximum absolute atomic E-state index is 12.8. The summed E-state index contributed by atoms with van der Waals surface area (Å²) in [6.45, 7) is 3.74. The molecule has 0 radical (unpaired) electrons. The van der Waals surface area contributed by atoms with Gasteiger partial charge in [-0.1, -0.05) is 30.7 Å². The summed E-state index contributed by atoms with van der Waals surface area (Å²) in [5, 5.41) is 0.675. The monoisotopic (exact) mass is 359 g/mol. The van der Waals surface area contributed by atoms with Crippen molar-refractivity contribution in [2.75, 3.05) is 20.2 Å². The van der Waals surface area contributed by atoms with Crippen molar-refractivity contribution >= 4 is 17.7 Å². The number of hydrogen-bond acceptors (Lipinski definition) is 4. The van der Waals surface area contributed by atoms with Gasteiger partial charge in [0.2, 0.25) is 5.91 Å². The van der Waals surface area contributed by atoms with E-state index in [0.29, 0.717) is 0 Å². The molecule has 5 nitrogen and oxygen atoms in total. The number of amides is 1. The molecule has 25 heavy (non-hydrogen) atoms. The van der Waals surface area contributed by atoms with Crippen LogP contribution in [0.15, 0.2) is 41.8 Å². The highest BCUT2D eigenvalue weighted by atomic mass is 32.2. The summed E-state index contributed by atoms with van der Waals surface area (Å²) in [4.78, 5) is 19.2. The third kappa shape index (κ3) is 4.37. The van der Waals surface area contributed by atoms with Crippen LogP contribution in [0.25, 0.3) is 5.69 Å². The maximum Gasteiger partial charge on any atom is 0.235 e. The standard InChI is InChI=1S/C19H25N3O2S/c1-15(18(23)21-11-5-3-4-6-12-21)25-19-20-10-13-22(19)16-8-7-9-17(14-16)24-2/h7-10,13-15H,3-6,11-12H2,1-2H3/t15-/m0/s1. The third-order valence-electron chi connectivity index (χ3n) is 4.49. The number of thioether (sulfide) groups is 1. The first-order valence-electron chi connectivity index (χ1n) is 8.82. The molecule has 0 bridgehead atoms. The zero-order chi connectivity index (χ0) is 17.6. The number of aromatic nitrogens is 2. The van der Waals surface area contributed by atoms with Gasteiger partial charge < -0.3 is 9.64 Å². The molecule has 2 aromatic rings. The highest BCUT2D eigenvalue weighted by molar-refractivity contribution is 8.00. The molecule has 0 spiro atoms. The van der Waals surface area contributed by atoms with Crippen molar-refractivity contribution in [3.8, 4) is 11.4 Å². The van der Waals surface area contributed by atoms with E-state index >= 15 is 0 Å². The second kappa shape index (κ2) is 8.43. The van der Waals surface area contributed by atoms with Crippen molar-refractivity contribution in [1.29, 1.82) is 0 Å². The van der Waals surface area contributed by atoms with Gasteiger partial charge in [0, 0.05) is 31.5 Å². The first kappa shape index (κ1) is 17.9. The molecule has 2 heterocycles. The van der Waals surface area contributed by atoms with E-state index < -0.39 is 0 Å². The predicted molar refractivity (Wildman–Crippen MR) is 100 cm³/mol. The summed E-state index contributed by atoms with van der Waals surface area (Å²) in [6, 6.07) is 7.84. The van der Waals surface area contributed by atoms with E-state index in [4.69, 9.17) is 4.74 Å². The molecule has 0 aliphatic carbocycles. The van der Waals surface area contributed by atoms with Gasteiger partial charge >= 0.3 is 0 Å². The summed E-state index contributed by atoms with van der Waals surface area (Å²) in [6.07, 6.45) is 8.37. The van der Waals surface area contributed by atoms with Crippen LogP contribution in [0.5, 0.6) is 5.75 Å². The summed E-state index contributed by atoms with van der Waals surface area (Å²) in [7, 11) is 1.66. The van der Waals surface area contributed by atoms with Crippen LogP contribution < -0.4 is 4.74 Å². The minimum atomic E-state index is -0.148. The first-order valence-corrected chi connectivity index (χ1v) is 9.70. The lowest BCUT2D eigenvalue weighted by Gasteiger charge is -2.23. The second-order valence-electron chi connectivity index (χ2n) is 6.28. The fraction of sp³-hybridized carbons (Fsp3) is 0.474. The van der Waals surface area contributed by atoms with Gasteiger partial charge in [0.05, 0.1) is 18.0 Å². The lowest BCUT2D eigenvalue weighted by atomic mass is 10.2. The van der Waals surface area contributed by atoms with E-state index in [1.807, 2.05) is 46.9 Å². The molecule has 1 aromatic carbocycles. The van der Waals surface area contributed by atoms with Crippen LogP contribution >= 0.6 is 11.8 Å². The molecule has 1 atom stereocenters. The average molecular weight is 359 g/mol. The maximum atomic E-state index is 12.8. The zero-order valence-corrected chi connectivity index (χ0v) is 15.7. The van der Waals surface area contributed by atoms with Gasteiger partial charge in [0.15, 0.2) is 5.16 Å². The van der Waals surface area contributed by atoms with E-state index in [9.17, 15) is 4.79 Å². The number of ether oxygens (including phenoxy) is 1. The number of imidazole rings is 1. The van der Waals surface area contributed by atoms with Crippen molar-refractivity contribution in [3.05, 3.63) is 36.7 Å². The van der Waals surface area contributed by atoms with Gasteiger partial charge in [0.25, 0.3) is 0 Å². The Hall–Kier alpha value is -1.95.